The Bertz CT molecular complexity index is 624. The quantitative estimate of drug-likeness (QED) is 0.140. The Balaban J connectivity index is 2.56. The fourth-order valence-corrected chi connectivity index (χ4v) is 3.42. The SMILES string of the molecule is CCCCCCCCCCOC(=O)C(CC)(CC)C(=O)Oc1c(F)cccc1Cl. The zero-order valence-corrected chi connectivity index (χ0v) is 18.7. The van der Waals surface area contributed by atoms with Gasteiger partial charge in [-0.2, -0.15) is 0 Å². The predicted octanol–water partition coefficient (Wildman–Crippen LogP) is 6.87. The molecular formula is C23H34ClFO4. The molecule has 0 fully saturated rings. The molecule has 29 heavy (non-hydrogen) atoms. The topological polar surface area (TPSA) is 52.6 Å². The van der Waals surface area contributed by atoms with Crippen LogP contribution in [0.15, 0.2) is 18.2 Å². The van der Waals surface area contributed by atoms with Crippen LogP contribution in [0.4, 0.5) is 4.39 Å². The van der Waals surface area contributed by atoms with Crippen molar-refractivity contribution in [2.24, 2.45) is 5.41 Å². The van der Waals surface area contributed by atoms with E-state index >= 15 is 0 Å². The highest BCUT2D eigenvalue weighted by Gasteiger charge is 2.46. The van der Waals surface area contributed by atoms with Gasteiger partial charge in [0.05, 0.1) is 11.6 Å². The van der Waals surface area contributed by atoms with Gasteiger partial charge in [-0.05, 0) is 31.4 Å². The summed E-state index contributed by atoms with van der Waals surface area (Å²) < 4.78 is 24.5. The van der Waals surface area contributed by atoms with Gasteiger partial charge in [-0.25, -0.2) is 4.39 Å². The van der Waals surface area contributed by atoms with Crippen LogP contribution in [0.2, 0.25) is 5.02 Å². The van der Waals surface area contributed by atoms with E-state index in [1.165, 1.54) is 44.2 Å². The number of hydrogen-bond acceptors (Lipinski definition) is 4. The van der Waals surface area contributed by atoms with Gasteiger partial charge in [0.15, 0.2) is 17.0 Å². The molecule has 164 valence electrons. The maximum Gasteiger partial charge on any atom is 0.329 e. The highest BCUT2D eigenvalue weighted by molar-refractivity contribution is 6.32. The fraction of sp³-hybridized carbons (Fsp3) is 0.652. The molecule has 0 atom stereocenters. The fourth-order valence-electron chi connectivity index (χ4n) is 3.22. The minimum absolute atomic E-state index is 0.0215. The van der Waals surface area contributed by atoms with Gasteiger partial charge in [-0.3, -0.25) is 9.59 Å². The van der Waals surface area contributed by atoms with Crippen molar-refractivity contribution in [3.05, 3.63) is 29.0 Å². The summed E-state index contributed by atoms with van der Waals surface area (Å²) in [5.74, 6) is -2.57. The highest BCUT2D eigenvalue weighted by Crippen LogP contribution is 2.34. The monoisotopic (exact) mass is 428 g/mol. The van der Waals surface area contributed by atoms with Crippen LogP contribution < -0.4 is 4.74 Å². The molecule has 0 N–H and O–H groups in total. The number of para-hydroxylation sites is 1. The van der Waals surface area contributed by atoms with E-state index in [2.05, 4.69) is 6.92 Å². The second-order valence-electron chi connectivity index (χ2n) is 7.34. The summed E-state index contributed by atoms with van der Waals surface area (Å²) in [6, 6.07) is 3.99. The number of carbonyl (C=O) groups is 2. The molecule has 1 aromatic carbocycles. The summed E-state index contributed by atoms with van der Waals surface area (Å²) in [5, 5.41) is -0.0215. The summed E-state index contributed by atoms with van der Waals surface area (Å²) in [6.45, 7) is 5.89. The van der Waals surface area contributed by atoms with Crippen molar-refractivity contribution in [1.29, 1.82) is 0 Å². The summed E-state index contributed by atoms with van der Waals surface area (Å²) in [7, 11) is 0. The van der Waals surface area contributed by atoms with Crippen molar-refractivity contribution in [2.75, 3.05) is 6.61 Å². The Hall–Kier alpha value is -1.62. The maximum atomic E-state index is 13.9. The summed E-state index contributed by atoms with van der Waals surface area (Å²) in [4.78, 5) is 25.4. The van der Waals surface area contributed by atoms with Crippen molar-refractivity contribution in [1.82, 2.24) is 0 Å². The Morgan fingerprint density at radius 2 is 1.52 bits per heavy atom. The molecule has 0 heterocycles. The lowest BCUT2D eigenvalue weighted by Crippen LogP contribution is -2.42. The number of esters is 2. The minimum Gasteiger partial charge on any atom is -0.465 e. The molecule has 0 radical (unpaired) electrons. The van der Waals surface area contributed by atoms with Crippen molar-refractivity contribution >= 4 is 23.5 Å². The first-order valence-electron chi connectivity index (χ1n) is 10.8. The van der Waals surface area contributed by atoms with Gasteiger partial charge in [-0.1, -0.05) is 83.4 Å². The number of ether oxygens (including phenoxy) is 2. The number of halogens is 2. The predicted molar refractivity (Wildman–Crippen MR) is 114 cm³/mol. The molecule has 6 heteroatoms. The average Bonchev–Trinajstić information content (AvgIpc) is 2.71. The number of hydrogen-bond donors (Lipinski definition) is 0. The third-order valence-corrected chi connectivity index (χ3v) is 5.63. The van der Waals surface area contributed by atoms with E-state index in [0.29, 0.717) is 0 Å². The molecule has 0 bridgehead atoms. The Morgan fingerprint density at radius 1 is 0.931 bits per heavy atom. The van der Waals surface area contributed by atoms with Crippen molar-refractivity contribution in [2.45, 2.75) is 85.0 Å². The van der Waals surface area contributed by atoms with Crippen LogP contribution in [0.1, 0.15) is 85.0 Å². The van der Waals surface area contributed by atoms with E-state index in [1.54, 1.807) is 13.8 Å². The lowest BCUT2D eigenvalue weighted by Gasteiger charge is -2.27. The standard InChI is InChI=1S/C23H34ClFO4/c1-4-7-8-9-10-11-12-13-17-28-21(26)23(5-2,6-3)22(27)29-20-18(24)15-14-16-19(20)25/h14-16H,4-13,17H2,1-3H3. The van der Waals surface area contributed by atoms with Crippen molar-refractivity contribution in [3.8, 4) is 5.75 Å². The Morgan fingerprint density at radius 3 is 2.07 bits per heavy atom. The van der Waals surface area contributed by atoms with E-state index in [9.17, 15) is 14.0 Å². The molecule has 0 amide bonds. The van der Waals surface area contributed by atoms with Crippen LogP contribution in [0.25, 0.3) is 0 Å². The number of unbranched alkanes of at least 4 members (excludes halogenated alkanes) is 7. The van der Waals surface area contributed by atoms with E-state index in [-0.39, 0.29) is 30.2 Å². The number of carbonyl (C=O) groups excluding carboxylic acids is 2. The van der Waals surface area contributed by atoms with E-state index in [1.807, 2.05) is 0 Å². The van der Waals surface area contributed by atoms with Crippen molar-refractivity contribution in [3.63, 3.8) is 0 Å². The lowest BCUT2D eigenvalue weighted by atomic mass is 9.82. The van der Waals surface area contributed by atoms with E-state index < -0.39 is 23.2 Å². The zero-order chi connectivity index (χ0) is 21.7. The normalized spacial score (nSPS) is 11.3. The first-order valence-corrected chi connectivity index (χ1v) is 11.1. The van der Waals surface area contributed by atoms with E-state index in [0.717, 1.165) is 25.3 Å². The molecular weight excluding hydrogens is 395 g/mol. The Labute approximate surface area is 179 Å². The van der Waals surface area contributed by atoms with Gasteiger partial charge in [0.25, 0.3) is 0 Å². The lowest BCUT2D eigenvalue weighted by molar-refractivity contribution is -0.168. The molecule has 0 saturated carbocycles. The second-order valence-corrected chi connectivity index (χ2v) is 7.75. The highest BCUT2D eigenvalue weighted by atomic mass is 35.5. The second kappa shape index (κ2) is 13.6. The molecule has 1 aromatic rings. The molecule has 0 aromatic heterocycles. The van der Waals surface area contributed by atoms with Gasteiger partial charge in [0.2, 0.25) is 0 Å². The first kappa shape index (κ1) is 25.4. The van der Waals surface area contributed by atoms with Gasteiger partial charge in [0.1, 0.15) is 0 Å². The van der Waals surface area contributed by atoms with Gasteiger partial charge >= 0.3 is 11.9 Å². The van der Waals surface area contributed by atoms with Crippen LogP contribution >= 0.6 is 11.6 Å². The average molecular weight is 429 g/mol. The third kappa shape index (κ3) is 7.61. The molecule has 0 aliphatic heterocycles. The largest absolute Gasteiger partial charge is 0.465 e. The minimum atomic E-state index is -1.47. The molecule has 4 nitrogen and oxygen atoms in total. The molecule has 0 aliphatic carbocycles. The van der Waals surface area contributed by atoms with Crippen LogP contribution in [0.3, 0.4) is 0 Å². The third-order valence-electron chi connectivity index (χ3n) is 5.33. The van der Waals surface area contributed by atoms with E-state index in [4.69, 9.17) is 21.1 Å². The molecule has 0 aliphatic rings. The number of rotatable bonds is 14. The first-order chi connectivity index (χ1) is 13.9. The number of benzene rings is 1. The van der Waals surface area contributed by atoms with Crippen LogP contribution in [-0.4, -0.2) is 18.5 Å². The molecule has 0 unspecified atom stereocenters. The maximum absolute atomic E-state index is 13.9. The Kier molecular flexibility index (Phi) is 11.9. The van der Waals surface area contributed by atoms with Gasteiger partial charge in [-0.15, -0.1) is 0 Å². The zero-order valence-electron chi connectivity index (χ0n) is 17.9. The van der Waals surface area contributed by atoms with Crippen LogP contribution in [-0.2, 0) is 14.3 Å². The van der Waals surface area contributed by atoms with Crippen molar-refractivity contribution < 1.29 is 23.5 Å². The summed E-state index contributed by atoms with van der Waals surface area (Å²) >= 11 is 5.93. The van der Waals surface area contributed by atoms with Gasteiger partial charge in [0, 0.05) is 0 Å². The van der Waals surface area contributed by atoms with Gasteiger partial charge < -0.3 is 9.47 Å². The summed E-state index contributed by atoms with van der Waals surface area (Å²) in [5.41, 5.74) is -1.47. The smallest absolute Gasteiger partial charge is 0.329 e. The van der Waals surface area contributed by atoms with Crippen LogP contribution in [0, 0.1) is 11.2 Å². The molecule has 0 saturated heterocycles. The molecule has 1 rings (SSSR count). The van der Waals surface area contributed by atoms with Crippen LogP contribution in [0.5, 0.6) is 5.75 Å². The molecule has 0 spiro atoms. The summed E-state index contributed by atoms with van der Waals surface area (Å²) in [6.07, 6.45) is 9.48.